The summed E-state index contributed by atoms with van der Waals surface area (Å²) in [6, 6.07) is 13.0. The van der Waals surface area contributed by atoms with E-state index < -0.39 is 0 Å². The van der Waals surface area contributed by atoms with E-state index >= 15 is 0 Å². The number of ether oxygens (including phenoxy) is 1. The largest absolute Gasteiger partial charge is 0.493 e. The average molecular weight is 369 g/mol. The van der Waals surface area contributed by atoms with Crippen LogP contribution in [0.2, 0.25) is 5.02 Å². The molecule has 0 N–H and O–H groups in total. The fourth-order valence-corrected chi connectivity index (χ4v) is 3.03. The molecule has 26 heavy (non-hydrogen) atoms. The molecule has 0 saturated carbocycles. The van der Waals surface area contributed by atoms with Gasteiger partial charge in [-0.2, -0.15) is 0 Å². The summed E-state index contributed by atoms with van der Waals surface area (Å²) in [6.07, 6.45) is 5.85. The Morgan fingerprint density at radius 1 is 1.19 bits per heavy atom. The highest BCUT2D eigenvalue weighted by Crippen LogP contribution is 2.24. The minimum absolute atomic E-state index is 0.00230. The van der Waals surface area contributed by atoms with Crippen LogP contribution in [-0.4, -0.2) is 16.2 Å². The van der Waals surface area contributed by atoms with E-state index in [-0.39, 0.29) is 5.56 Å². The minimum Gasteiger partial charge on any atom is -0.493 e. The van der Waals surface area contributed by atoms with Crippen molar-refractivity contribution in [3.8, 4) is 5.75 Å². The van der Waals surface area contributed by atoms with E-state index in [1.165, 1.54) is 0 Å². The van der Waals surface area contributed by atoms with Crippen molar-refractivity contribution in [3.63, 3.8) is 0 Å². The van der Waals surface area contributed by atoms with Crippen LogP contribution in [0.15, 0.2) is 66.2 Å². The molecule has 0 aliphatic rings. The first-order valence-electron chi connectivity index (χ1n) is 8.65. The van der Waals surface area contributed by atoms with Crippen LogP contribution in [0.5, 0.6) is 5.75 Å². The summed E-state index contributed by atoms with van der Waals surface area (Å²) in [5.74, 6) is 0.832. The van der Waals surface area contributed by atoms with Gasteiger partial charge in [0.05, 0.1) is 23.8 Å². The van der Waals surface area contributed by atoms with Crippen LogP contribution in [0.1, 0.15) is 18.4 Å². The summed E-state index contributed by atoms with van der Waals surface area (Å²) in [6.45, 7) is 4.97. The second-order valence-electron chi connectivity index (χ2n) is 6.06. The van der Waals surface area contributed by atoms with Crippen LogP contribution >= 0.6 is 11.6 Å². The summed E-state index contributed by atoms with van der Waals surface area (Å²) in [5, 5.41) is 1.35. The van der Waals surface area contributed by atoms with Gasteiger partial charge < -0.3 is 4.74 Å². The van der Waals surface area contributed by atoms with Crippen LogP contribution in [-0.2, 0) is 13.0 Å². The average Bonchev–Trinajstić information content (AvgIpc) is 2.65. The number of aromatic nitrogens is 2. The molecule has 134 valence electrons. The van der Waals surface area contributed by atoms with E-state index in [1.807, 2.05) is 48.5 Å². The molecule has 0 atom stereocenters. The highest BCUT2D eigenvalue weighted by Gasteiger charge is 2.05. The van der Waals surface area contributed by atoms with Gasteiger partial charge in [-0.25, -0.2) is 4.98 Å². The number of allylic oxidation sites excluding steroid dienone is 1. The molecule has 0 aliphatic heterocycles. The molecule has 0 bridgehead atoms. The monoisotopic (exact) mass is 368 g/mol. The molecular formula is C21H21ClN2O2. The number of halogens is 1. The van der Waals surface area contributed by atoms with Crippen molar-refractivity contribution in [1.29, 1.82) is 0 Å². The van der Waals surface area contributed by atoms with Crippen molar-refractivity contribution < 1.29 is 4.74 Å². The Balaban J connectivity index is 1.54. The zero-order valence-corrected chi connectivity index (χ0v) is 15.3. The second kappa shape index (κ2) is 8.68. The highest BCUT2D eigenvalue weighted by atomic mass is 35.5. The molecule has 1 heterocycles. The Morgan fingerprint density at radius 3 is 2.88 bits per heavy atom. The standard InChI is InChI=1S/C21H21ClN2O2/c1-2-7-16-14-17(22)10-11-20(16)26-13-6-5-12-24-15-23-19-9-4-3-8-18(19)21(24)25/h2-4,8-11,14-15H,1,5-7,12-13H2. The molecule has 0 aliphatic carbocycles. The normalized spacial score (nSPS) is 10.8. The van der Waals surface area contributed by atoms with E-state index in [0.29, 0.717) is 30.0 Å². The molecule has 0 radical (unpaired) electrons. The van der Waals surface area contributed by atoms with E-state index in [2.05, 4.69) is 11.6 Å². The van der Waals surface area contributed by atoms with Gasteiger partial charge in [-0.1, -0.05) is 29.8 Å². The summed E-state index contributed by atoms with van der Waals surface area (Å²) in [5.41, 5.74) is 1.76. The second-order valence-corrected chi connectivity index (χ2v) is 6.50. The summed E-state index contributed by atoms with van der Waals surface area (Å²) in [4.78, 5) is 16.8. The van der Waals surface area contributed by atoms with Gasteiger partial charge >= 0.3 is 0 Å². The first-order valence-corrected chi connectivity index (χ1v) is 9.03. The van der Waals surface area contributed by atoms with Crippen LogP contribution in [0.4, 0.5) is 0 Å². The molecule has 4 nitrogen and oxygen atoms in total. The maximum atomic E-state index is 12.4. The Kier molecular flexibility index (Phi) is 6.08. The van der Waals surface area contributed by atoms with Gasteiger partial charge in [-0.05, 0) is 55.2 Å². The number of hydrogen-bond acceptors (Lipinski definition) is 3. The molecule has 3 aromatic rings. The van der Waals surface area contributed by atoms with Crippen molar-refractivity contribution in [2.75, 3.05) is 6.61 Å². The molecule has 0 spiro atoms. The molecule has 5 heteroatoms. The maximum absolute atomic E-state index is 12.4. The van der Waals surface area contributed by atoms with Gasteiger partial charge in [0, 0.05) is 11.6 Å². The first kappa shape index (κ1) is 18.2. The fraction of sp³-hybridized carbons (Fsp3) is 0.238. The lowest BCUT2D eigenvalue weighted by atomic mass is 10.1. The zero-order valence-electron chi connectivity index (χ0n) is 14.5. The van der Waals surface area contributed by atoms with Gasteiger partial charge in [0.1, 0.15) is 5.75 Å². The zero-order chi connectivity index (χ0) is 18.4. The van der Waals surface area contributed by atoms with Gasteiger partial charge in [-0.3, -0.25) is 9.36 Å². The first-order chi connectivity index (χ1) is 12.7. The maximum Gasteiger partial charge on any atom is 0.261 e. The summed E-state index contributed by atoms with van der Waals surface area (Å²) >= 11 is 6.03. The predicted molar refractivity (Wildman–Crippen MR) is 106 cm³/mol. The van der Waals surface area contributed by atoms with E-state index in [1.54, 1.807) is 10.9 Å². The molecule has 0 fully saturated rings. The van der Waals surface area contributed by atoms with Crippen molar-refractivity contribution in [3.05, 3.63) is 82.4 Å². The lowest BCUT2D eigenvalue weighted by Gasteiger charge is -2.11. The Morgan fingerprint density at radius 2 is 2.04 bits per heavy atom. The Bertz CT molecular complexity index is 966. The third-order valence-corrected chi connectivity index (χ3v) is 4.40. The lowest BCUT2D eigenvalue weighted by Crippen LogP contribution is -2.20. The molecule has 1 aromatic heterocycles. The van der Waals surface area contributed by atoms with Crippen LogP contribution < -0.4 is 10.3 Å². The number of fused-ring (bicyclic) bond motifs is 1. The van der Waals surface area contributed by atoms with E-state index in [0.717, 1.165) is 29.7 Å². The van der Waals surface area contributed by atoms with Crippen molar-refractivity contribution in [2.45, 2.75) is 25.8 Å². The van der Waals surface area contributed by atoms with Gasteiger partial charge in [0.2, 0.25) is 0 Å². The van der Waals surface area contributed by atoms with E-state index in [4.69, 9.17) is 16.3 Å². The van der Waals surface area contributed by atoms with Gasteiger partial charge in [-0.15, -0.1) is 6.58 Å². The number of para-hydroxylation sites is 1. The van der Waals surface area contributed by atoms with Crippen LogP contribution in [0.25, 0.3) is 10.9 Å². The third kappa shape index (κ3) is 4.33. The van der Waals surface area contributed by atoms with E-state index in [9.17, 15) is 4.79 Å². The molecule has 0 saturated heterocycles. The topological polar surface area (TPSA) is 44.1 Å². The molecular weight excluding hydrogens is 348 g/mol. The molecule has 0 amide bonds. The van der Waals surface area contributed by atoms with Crippen molar-refractivity contribution in [1.82, 2.24) is 9.55 Å². The van der Waals surface area contributed by atoms with Crippen LogP contribution in [0.3, 0.4) is 0 Å². The SMILES string of the molecule is C=CCc1cc(Cl)ccc1OCCCCn1cnc2ccccc2c1=O. The lowest BCUT2D eigenvalue weighted by molar-refractivity contribution is 0.300. The third-order valence-electron chi connectivity index (χ3n) is 4.17. The number of nitrogens with zero attached hydrogens (tertiary/aromatic N) is 2. The van der Waals surface area contributed by atoms with Crippen LogP contribution in [0, 0.1) is 0 Å². The summed E-state index contributed by atoms with van der Waals surface area (Å²) in [7, 11) is 0. The predicted octanol–water partition coefficient (Wildman–Crippen LogP) is 4.64. The molecule has 3 rings (SSSR count). The van der Waals surface area contributed by atoms with Gasteiger partial charge in [0.25, 0.3) is 5.56 Å². The highest BCUT2D eigenvalue weighted by molar-refractivity contribution is 6.30. The fourth-order valence-electron chi connectivity index (χ4n) is 2.84. The molecule has 0 unspecified atom stereocenters. The summed E-state index contributed by atoms with van der Waals surface area (Å²) < 4.78 is 7.53. The number of benzene rings is 2. The molecule has 2 aromatic carbocycles. The number of rotatable bonds is 8. The Labute approximate surface area is 157 Å². The van der Waals surface area contributed by atoms with Gasteiger partial charge in [0.15, 0.2) is 0 Å². The van der Waals surface area contributed by atoms with Crippen molar-refractivity contribution in [2.24, 2.45) is 0 Å². The number of aryl methyl sites for hydroxylation is 1. The minimum atomic E-state index is 0.00230. The Hall–Kier alpha value is -2.59. The van der Waals surface area contributed by atoms with Crippen molar-refractivity contribution >= 4 is 22.5 Å². The number of hydrogen-bond donors (Lipinski definition) is 0. The number of unbranched alkanes of at least 4 members (excludes halogenated alkanes) is 1. The quantitative estimate of drug-likeness (QED) is 0.430. The smallest absolute Gasteiger partial charge is 0.261 e.